The zero-order chi connectivity index (χ0) is 15.1. The highest BCUT2D eigenvalue weighted by atomic mass is 16.5. The summed E-state index contributed by atoms with van der Waals surface area (Å²) in [5.41, 5.74) is 0. The van der Waals surface area contributed by atoms with Crippen LogP contribution in [0.3, 0.4) is 0 Å². The lowest BCUT2D eigenvalue weighted by atomic mass is 10.1. The molecule has 0 atom stereocenters. The summed E-state index contributed by atoms with van der Waals surface area (Å²) < 4.78 is 6.08. The van der Waals surface area contributed by atoms with Gasteiger partial charge in [-0.1, -0.05) is 12.8 Å². The van der Waals surface area contributed by atoms with Crippen LogP contribution >= 0.6 is 0 Å². The smallest absolute Gasteiger partial charge is 0.317 e. The van der Waals surface area contributed by atoms with Crippen molar-refractivity contribution in [2.24, 2.45) is 0 Å². The van der Waals surface area contributed by atoms with Gasteiger partial charge in [0.15, 0.2) is 0 Å². The van der Waals surface area contributed by atoms with Gasteiger partial charge in [-0.3, -0.25) is 4.79 Å². The number of carboxylic acid groups (broad SMARTS) is 1. The lowest BCUT2D eigenvalue weighted by Crippen LogP contribution is -2.46. The Morgan fingerprint density at radius 2 is 1.71 bits per heavy atom. The largest absolute Gasteiger partial charge is 0.481 e. The van der Waals surface area contributed by atoms with Crippen LogP contribution in [0.5, 0.6) is 0 Å². The molecule has 0 aromatic rings. The fourth-order valence-corrected chi connectivity index (χ4v) is 3.04. The molecule has 6 nitrogen and oxygen atoms in total. The number of amides is 2. The van der Waals surface area contributed by atoms with Crippen molar-refractivity contribution in [2.75, 3.05) is 19.6 Å². The lowest BCUT2D eigenvalue weighted by Gasteiger charge is -2.33. The highest BCUT2D eigenvalue weighted by molar-refractivity contribution is 5.74. The molecule has 2 aliphatic rings. The number of carbonyl (C=O) groups is 2. The Kier molecular flexibility index (Phi) is 6.29. The molecule has 1 saturated heterocycles. The maximum absolute atomic E-state index is 11.9. The van der Waals surface area contributed by atoms with Gasteiger partial charge in [-0.2, -0.15) is 0 Å². The van der Waals surface area contributed by atoms with E-state index in [0.717, 1.165) is 25.9 Å². The quantitative estimate of drug-likeness (QED) is 0.735. The second kappa shape index (κ2) is 8.22. The van der Waals surface area contributed by atoms with Crippen molar-refractivity contribution < 1.29 is 19.4 Å². The van der Waals surface area contributed by atoms with Gasteiger partial charge in [0.2, 0.25) is 0 Å². The van der Waals surface area contributed by atoms with E-state index in [1.54, 1.807) is 4.90 Å². The summed E-state index contributed by atoms with van der Waals surface area (Å²) in [6.07, 6.45) is 8.03. The highest BCUT2D eigenvalue weighted by Gasteiger charge is 2.26. The normalized spacial score (nSPS) is 20.7. The molecule has 6 heteroatoms. The van der Waals surface area contributed by atoms with Gasteiger partial charge >= 0.3 is 12.0 Å². The van der Waals surface area contributed by atoms with E-state index in [1.165, 1.54) is 25.7 Å². The van der Waals surface area contributed by atoms with Crippen LogP contribution in [0.2, 0.25) is 0 Å². The lowest BCUT2D eigenvalue weighted by molar-refractivity contribution is -0.137. The number of hydrogen-bond acceptors (Lipinski definition) is 3. The number of carbonyl (C=O) groups excluding carboxylic acids is 1. The molecule has 2 N–H and O–H groups in total. The van der Waals surface area contributed by atoms with E-state index >= 15 is 0 Å². The molecule has 0 radical (unpaired) electrons. The van der Waals surface area contributed by atoms with Crippen LogP contribution in [0.1, 0.15) is 51.4 Å². The van der Waals surface area contributed by atoms with E-state index in [1.807, 2.05) is 0 Å². The maximum Gasteiger partial charge on any atom is 0.317 e. The molecule has 0 spiro atoms. The summed E-state index contributed by atoms with van der Waals surface area (Å²) >= 11 is 0. The molecule has 0 aromatic carbocycles. The topological polar surface area (TPSA) is 78.9 Å². The van der Waals surface area contributed by atoms with Crippen molar-refractivity contribution >= 4 is 12.0 Å². The van der Waals surface area contributed by atoms with E-state index < -0.39 is 5.97 Å². The molecule has 1 saturated carbocycles. The molecule has 1 aliphatic carbocycles. The van der Waals surface area contributed by atoms with Crippen molar-refractivity contribution in [3.8, 4) is 0 Å². The fraction of sp³-hybridized carbons (Fsp3) is 0.867. The molecular formula is C15H26N2O4. The number of nitrogens with one attached hydrogen (secondary N) is 1. The van der Waals surface area contributed by atoms with Gasteiger partial charge in [-0.25, -0.2) is 4.79 Å². The third kappa shape index (κ3) is 5.53. The average Bonchev–Trinajstić information content (AvgIpc) is 2.97. The number of rotatable bonds is 6. The Bertz CT molecular complexity index is 348. The van der Waals surface area contributed by atoms with E-state index in [9.17, 15) is 9.59 Å². The number of nitrogens with zero attached hydrogens (tertiary/aromatic N) is 1. The standard InChI is InChI=1S/C15H26N2O4/c18-14(19)6-3-9-16-15(20)17-10-7-13(8-11-17)21-12-4-1-2-5-12/h12-13H,1-11H2,(H,16,20)(H,18,19). The monoisotopic (exact) mass is 298 g/mol. The first-order chi connectivity index (χ1) is 10.1. The third-order valence-electron chi connectivity index (χ3n) is 4.26. The van der Waals surface area contributed by atoms with Gasteiger partial charge in [-0.15, -0.1) is 0 Å². The second-order valence-electron chi connectivity index (χ2n) is 5.96. The summed E-state index contributed by atoms with van der Waals surface area (Å²) in [6, 6.07) is -0.0836. The van der Waals surface area contributed by atoms with Crippen molar-refractivity contribution in [1.29, 1.82) is 0 Å². The minimum absolute atomic E-state index is 0.0836. The molecule has 1 aliphatic heterocycles. The van der Waals surface area contributed by atoms with Gasteiger partial charge in [0, 0.05) is 26.1 Å². The van der Waals surface area contributed by atoms with E-state index in [0.29, 0.717) is 25.2 Å². The van der Waals surface area contributed by atoms with Gasteiger partial charge in [0.1, 0.15) is 0 Å². The number of ether oxygens (including phenoxy) is 1. The van der Waals surface area contributed by atoms with Crippen molar-refractivity contribution in [1.82, 2.24) is 10.2 Å². The first-order valence-electron chi connectivity index (χ1n) is 8.05. The Morgan fingerprint density at radius 1 is 1.10 bits per heavy atom. The van der Waals surface area contributed by atoms with Gasteiger partial charge < -0.3 is 20.1 Å². The van der Waals surface area contributed by atoms with Crippen LogP contribution in [-0.2, 0) is 9.53 Å². The van der Waals surface area contributed by atoms with Gasteiger partial charge in [0.25, 0.3) is 0 Å². The Balaban J connectivity index is 1.59. The molecule has 120 valence electrons. The van der Waals surface area contributed by atoms with Crippen LogP contribution in [0, 0.1) is 0 Å². The number of carboxylic acids is 1. The maximum atomic E-state index is 11.9. The van der Waals surface area contributed by atoms with Crippen LogP contribution in [-0.4, -0.2) is 53.8 Å². The fourth-order valence-electron chi connectivity index (χ4n) is 3.04. The van der Waals surface area contributed by atoms with E-state index in [-0.39, 0.29) is 12.5 Å². The summed E-state index contributed by atoms with van der Waals surface area (Å²) in [5.74, 6) is -0.825. The molecule has 2 rings (SSSR count). The summed E-state index contributed by atoms with van der Waals surface area (Å²) in [4.78, 5) is 24.1. The van der Waals surface area contributed by atoms with Crippen LogP contribution in [0.15, 0.2) is 0 Å². The predicted octanol–water partition coefficient (Wildman–Crippen LogP) is 1.98. The Hall–Kier alpha value is -1.30. The molecule has 0 aromatic heterocycles. The molecule has 0 unspecified atom stereocenters. The summed E-state index contributed by atoms with van der Waals surface area (Å²) in [7, 11) is 0. The van der Waals surface area contributed by atoms with Crippen LogP contribution < -0.4 is 5.32 Å². The van der Waals surface area contributed by atoms with E-state index in [4.69, 9.17) is 9.84 Å². The summed E-state index contributed by atoms with van der Waals surface area (Å²) in [5, 5.41) is 11.3. The predicted molar refractivity (Wildman–Crippen MR) is 78.2 cm³/mol. The first kappa shape index (κ1) is 16.1. The number of likely N-dealkylation sites (tertiary alicyclic amines) is 1. The third-order valence-corrected chi connectivity index (χ3v) is 4.26. The van der Waals surface area contributed by atoms with Gasteiger partial charge in [0.05, 0.1) is 12.2 Å². The zero-order valence-electron chi connectivity index (χ0n) is 12.6. The Labute approximate surface area is 125 Å². The average molecular weight is 298 g/mol. The van der Waals surface area contributed by atoms with Crippen LogP contribution in [0.4, 0.5) is 4.79 Å². The van der Waals surface area contributed by atoms with Crippen LogP contribution in [0.25, 0.3) is 0 Å². The molecule has 21 heavy (non-hydrogen) atoms. The minimum Gasteiger partial charge on any atom is -0.481 e. The number of urea groups is 1. The zero-order valence-corrected chi connectivity index (χ0v) is 12.6. The number of piperidine rings is 1. The minimum atomic E-state index is -0.825. The molecule has 2 amide bonds. The highest BCUT2D eigenvalue weighted by Crippen LogP contribution is 2.25. The molecule has 0 bridgehead atoms. The molecule has 1 heterocycles. The number of hydrogen-bond donors (Lipinski definition) is 2. The van der Waals surface area contributed by atoms with E-state index in [2.05, 4.69) is 5.32 Å². The Morgan fingerprint density at radius 3 is 2.33 bits per heavy atom. The summed E-state index contributed by atoms with van der Waals surface area (Å²) in [6.45, 7) is 1.87. The van der Waals surface area contributed by atoms with Crippen molar-refractivity contribution in [2.45, 2.75) is 63.6 Å². The van der Waals surface area contributed by atoms with Crippen molar-refractivity contribution in [3.05, 3.63) is 0 Å². The van der Waals surface area contributed by atoms with Crippen molar-refractivity contribution in [3.63, 3.8) is 0 Å². The molecule has 2 fully saturated rings. The molecular weight excluding hydrogens is 272 g/mol. The van der Waals surface area contributed by atoms with Gasteiger partial charge in [-0.05, 0) is 32.1 Å². The first-order valence-corrected chi connectivity index (χ1v) is 8.05. The SMILES string of the molecule is O=C(O)CCCNC(=O)N1CCC(OC2CCCC2)CC1. The second-order valence-corrected chi connectivity index (χ2v) is 5.96. The number of aliphatic carboxylic acids is 1.